The zero-order valence-electron chi connectivity index (χ0n) is 11.0. The van der Waals surface area contributed by atoms with E-state index in [1.807, 2.05) is 24.3 Å². The van der Waals surface area contributed by atoms with Crippen LogP contribution in [0.15, 0.2) is 48.5 Å². The average Bonchev–Trinajstić information content (AvgIpc) is 2.43. The number of hydrogen-bond donors (Lipinski definition) is 1. The molecule has 0 unspecified atom stereocenters. The number of hydrogen-bond acceptors (Lipinski definition) is 2. The van der Waals surface area contributed by atoms with Gasteiger partial charge < -0.3 is 10.1 Å². The summed E-state index contributed by atoms with van der Waals surface area (Å²) in [6, 6.07) is 14.4. The molecule has 0 atom stereocenters. The number of halogens is 1. The summed E-state index contributed by atoms with van der Waals surface area (Å²) in [6.45, 7) is 3.52. The highest BCUT2D eigenvalue weighted by molar-refractivity contribution is 5.42. The van der Waals surface area contributed by atoms with Gasteiger partial charge in [-0.1, -0.05) is 17.7 Å². The van der Waals surface area contributed by atoms with Gasteiger partial charge in [-0.2, -0.15) is 0 Å². The van der Waals surface area contributed by atoms with Gasteiger partial charge in [0, 0.05) is 12.2 Å². The molecule has 0 saturated carbocycles. The average molecular weight is 259 g/mol. The fourth-order valence-electron chi connectivity index (χ4n) is 1.70. The number of aryl methyl sites for hydroxylation is 1. The van der Waals surface area contributed by atoms with Crippen LogP contribution < -0.4 is 10.1 Å². The van der Waals surface area contributed by atoms with E-state index in [1.54, 1.807) is 12.1 Å². The Bertz CT molecular complexity index is 446. The first-order valence-corrected chi connectivity index (χ1v) is 6.43. The lowest BCUT2D eigenvalue weighted by Gasteiger charge is -2.08. The predicted octanol–water partition coefficient (Wildman–Crippen LogP) is 4.02. The number of nitrogens with one attached hydrogen (secondary N) is 1. The van der Waals surface area contributed by atoms with Crippen LogP contribution in [0.4, 0.5) is 10.1 Å². The van der Waals surface area contributed by atoms with E-state index in [0.717, 1.165) is 24.4 Å². The first kappa shape index (κ1) is 13.4. The molecule has 1 N–H and O–H groups in total. The molecule has 100 valence electrons. The van der Waals surface area contributed by atoms with E-state index in [2.05, 4.69) is 12.2 Å². The molecule has 0 bridgehead atoms. The van der Waals surface area contributed by atoms with Gasteiger partial charge in [0.25, 0.3) is 0 Å². The largest absolute Gasteiger partial charge is 0.494 e. The standard InChI is InChI=1S/C16H18FNO/c1-13-3-9-16(10-4-13)19-12-2-11-18-15-7-5-14(17)6-8-15/h3-10,18H,2,11-12H2,1H3. The van der Waals surface area contributed by atoms with E-state index in [1.165, 1.54) is 17.7 Å². The highest BCUT2D eigenvalue weighted by atomic mass is 19.1. The molecule has 0 aliphatic carbocycles. The second-order valence-electron chi connectivity index (χ2n) is 4.45. The molecule has 2 aromatic carbocycles. The molecule has 2 rings (SSSR count). The molecule has 2 nitrogen and oxygen atoms in total. The minimum atomic E-state index is -0.215. The lowest BCUT2D eigenvalue weighted by Crippen LogP contribution is -2.07. The van der Waals surface area contributed by atoms with Gasteiger partial charge in [-0.15, -0.1) is 0 Å². The third-order valence-corrected chi connectivity index (χ3v) is 2.78. The zero-order valence-corrected chi connectivity index (χ0v) is 11.0. The molecule has 0 aliphatic rings. The normalized spacial score (nSPS) is 10.2. The Morgan fingerprint density at radius 1 is 1.00 bits per heavy atom. The molecule has 19 heavy (non-hydrogen) atoms. The molecular weight excluding hydrogens is 241 g/mol. The molecular formula is C16H18FNO. The molecule has 0 radical (unpaired) electrons. The zero-order chi connectivity index (χ0) is 13.5. The van der Waals surface area contributed by atoms with Crippen molar-refractivity contribution >= 4 is 5.69 Å². The second kappa shape index (κ2) is 6.78. The van der Waals surface area contributed by atoms with Crippen LogP contribution in [-0.4, -0.2) is 13.2 Å². The van der Waals surface area contributed by atoms with Crippen LogP contribution in [0.2, 0.25) is 0 Å². The Morgan fingerprint density at radius 3 is 2.37 bits per heavy atom. The van der Waals surface area contributed by atoms with E-state index < -0.39 is 0 Å². The van der Waals surface area contributed by atoms with Crippen LogP contribution in [0.3, 0.4) is 0 Å². The molecule has 3 heteroatoms. The smallest absolute Gasteiger partial charge is 0.123 e. The molecule has 0 aliphatic heterocycles. The maximum Gasteiger partial charge on any atom is 0.123 e. The Hall–Kier alpha value is -2.03. The van der Waals surface area contributed by atoms with Crippen molar-refractivity contribution in [3.63, 3.8) is 0 Å². The lowest BCUT2D eigenvalue weighted by atomic mass is 10.2. The van der Waals surface area contributed by atoms with Crippen molar-refractivity contribution in [2.45, 2.75) is 13.3 Å². The van der Waals surface area contributed by atoms with Gasteiger partial charge in [-0.05, 0) is 49.7 Å². The van der Waals surface area contributed by atoms with Gasteiger partial charge in [0.05, 0.1) is 6.61 Å². The van der Waals surface area contributed by atoms with Crippen LogP contribution in [-0.2, 0) is 0 Å². The minimum Gasteiger partial charge on any atom is -0.494 e. The van der Waals surface area contributed by atoms with Crippen molar-refractivity contribution in [3.8, 4) is 5.75 Å². The summed E-state index contributed by atoms with van der Waals surface area (Å²) in [6.07, 6.45) is 0.894. The van der Waals surface area contributed by atoms with E-state index in [9.17, 15) is 4.39 Å². The summed E-state index contributed by atoms with van der Waals surface area (Å²) in [7, 11) is 0. The summed E-state index contributed by atoms with van der Waals surface area (Å²) in [5.41, 5.74) is 2.15. The first-order valence-electron chi connectivity index (χ1n) is 6.43. The summed E-state index contributed by atoms with van der Waals surface area (Å²) in [5.74, 6) is 0.681. The molecule has 0 heterocycles. The summed E-state index contributed by atoms with van der Waals surface area (Å²) in [4.78, 5) is 0. The Balaban J connectivity index is 1.64. The first-order chi connectivity index (χ1) is 9.24. The van der Waals surface area contributed by atoms with Crippen molar-refractivity contribution in [2.24, 2.45) is 0 Å². The molecule has 0 saturated heterocycles. The van der Waals surface area contributed by atoms with Crippen LogP contribution in [0.1, 0.15) is 12.0 Å². The highest BCUT2D eigenvalue weighted by Crippen LogP contribution is 2.12. The minimum absolute atomic E-state index is 0.215. The van der Waals surface area contributed by atoms with Crippen LogP contribution in [0, 0.1) is 12.7 Å². The predicted molar refractivity (Wildman–Crippen MR) is 76.2 cm³/mol. The van der Waals surface area contributed by atoms with Gasteiger partial charge in [-0.25, -0.2) is 4.39 Å². The van der Waals surface area contributed by atoms with Gasteiger partial charge in [0.1, 0.15) is 11.6 Å². The fraction of sp³-hybridized carbons (Fsp3) is 0.250. The Labute approximate surface area is 113 Å². The number of anilines is 1. The third kappa shape index (κ3) is 4.62. The topological polar surface area (TPSA) is 21.3 Å². The van der Waals surface area contributed by atoms with Crippen molar-refractivity contribution in [2.75, 3.05) is 18.5 Å². The summed E-state index contributed by atoms with van der Waals surface area (Å²) < 4.78 is 18.3. The molecule has 0 fully saturated rings. The molecule has 0 amide bonds. The van der Waals surface area contributed by atoms with Crippen molar-refractivity contribution < 1.29 is 9.13 Å². The van der Waals surface area contributed by atoms with E-state index in [0.29, 0.717) is 6.61 Å². The van der Waals surface area contributed by atoms with E-state index in [-0.39, 0.29) is 5.82 Å². The van der Waals surface area contributed by atoms with E-state index in [4.69, 9.17) is 4.74 Å². The van der Waals surface area contributed by atoms with Crippen molar-refractivity contribution in [3.05, 3.63) is 59.9 Å². The third-order valence-electron chi connectivity index (χ3n) is 2.78. The van der Waals surface area contributed by atoms with Crippen molar-refractivity contribution in [1.29, 1.82) is 0 Å². The summed E-state index contributed by atoms with van der Waals surface area (Å²) >= 11 is 0. The quantitative estimate of drug-likeness (QED) is 0.791. The van der Waals surface area contributed by atoms with Crippen LogP contribution in [0.25, 0.3) is 0 Å². The Kier molecular flexibility index (Phi) is 4.78. The number of ether oxygens (including phenoxy) is 1. The molecule has 0 spiro atoms. The molecule has 2 aromatic rings. The van der Waals surface area contributed by atoms with Crippen LogP contribution >= 0.6 is 0 Å². The van der Waals surface area contributed by atoms with Gasteiger partial charge >= 0.3 is 0 Å². The SMILES string of the molecule is Cc1ccc(OCCCNc2ccc(F)cc2)cc1. The van der Waals surface area contributed by atoms with Crippen LogP contribution in [0.5, 0.6) is 5.75 Å². The maximum absolute atomic E-state index is 12.7. The maximum atomic E-state index is 12.7. The number of rotatable bonds is 6. The highest BCUT2D eigenvalue weighted by Gasteiger charge is 1.95. The Morgan fingerprint density at radius 2 is 1.68 bits per heavy atom. The number of benzene rings is 2. The van der Waals surface area contributed by atoms with Gasteiger partial charge in [0.15, 0.2) is 0 Å². The molecule has 0 aromatic heterocycles. The lowest BCUT2D eigenvalue weighted by molar-refractivity contribution is 0.315. The van der Waals surface area contributed by atoms with Gasteiger partial charge in [0.2, 0.25) is 0 Å². The monoisotopic (exact) mass is 259 g/mol. The second-order valence-corrected chi connectivity index (χ2v) is 4.45. The summed E-state index contributed by atoms with van der Waals surface area (Å²) in [5, 5.41) is 3.22. The van der Waals surface area contributed by atoms with E-state index >= 15 is 0 Å². The fourth-order valence-corrected chi connectivity index (χ4v) is 1.70. The van der Waals surface area contributed by atoms with Gasteiger partial charge in [-0.3, -0.25) is 0 Å². The van der Waals surface area contributed by atoms with Crippen molar-refractivity contribution in [1.82, 2.24) is 0 Å².